The predicted octanol–water partition coefficient (Wildman–Crippen LogP) is 8.39. The van der Waals surface area contributed by atoms with Crippen LogP contribution in [0.4, 0.5) is 4.39 Å². The molecule has 1 aromatic heterocycles. The van der Waals surface area contributed by atoms with Crippen LogP contribution < -0.4 is 4.74 Å². The summed E-state index contributed by atoms with van der Waals surface area (Å²) in [5, 5.41) is 10.0. The maximum absolute atomic E-state index is 14.1. The number of carboxylic acid groups (broad SMARTS) is 1. The lowest BCUT2D eigenvalue weighted by atomic mass is 9.88. The fraction of sp³-hybridized carbons (Fsp3) is 0.370. The molecule has 3 rings (SSSR count). The molecule has 2 aromatic carbocycles. The van der Waals surface area contributed by atoms with Crippen molar-refractivity contribution in [3.8, 4) is 16.9 Å². The van der Waals surface area contributed by atoms with Crippen LogP contribution in [0.25, 0.3) is 26.8 Å². The Bertz CT molecular complexity index is 1170. The second-order valence-electron chi connectivity index (χ2n) is 8.72. The molecule has 1 heterocycles. The van der Waals surface area contributed by atoms with E-state index in [1.807, 2.05) is 18.2 Å². The number of halogens is 1. The number of hydrogen-bond donors (Lipinski definition) is 1. The van der Waals surface area contributed by atoms with Gasteiger partial charge in [0.15, 0.2) is 0 Å². The molecule has 0 radical (unpaired) electrons. The van der Waals surface area contributed by atoms with Gasteiger partial charge in [-0.05, 0) is 60.1 Å². The number of rotatable bonds is 8. The van der Waals surface area contributed by atoms with Crippen LogP contribution in [0.5, 0.6) is 5.75 Å². The van der Waals surface area contributed by atoms with Crippen molar-refractivity contribution in [2.24, 2.45) is 0 Å². The number of allylic oxidation sites excluding steroid dienone is 1. The second-order valence-corrected chi connectivity index (χ2v) is 9.80. The fourth-order valence-corrected chi connectivity index (χ4v) is 4.83. The highest BCUT2D eigenvalue weighted by molar-refractivity contribution is 7.20. The summed E-state index contributed by atoms with van der Waals surface area (Å²) in [5.74, 6) is -1.10. The van der Waals surface area contributed by atoms with Gasteiger partial charge in [-0.1, -0.05) is 52.8 Å². The Morgan fingerprint density at radius 2 is 1.81 bits per heavy atom. The molecule has 0 fully saturated rings. The van der Waals surface area contributed by atoms with Crippen molar-refractivity contribution < 1.29 is 19.0 Å². The Morgan fingerprint density at radius 1 is 1.09 bits per heavy atom. The van der Waals surface area contributed by atoms with Crippen molar-refractivity contribution in [2.45, 2.75) is 59.8 Å². The van der Waals surface area contributed by atoms with Crippen LogP contribution in [0, 0.1) is 0 Å². The quantitative estimate of drug-likeness (QED) is 0.348. The number of carboxylic acids is 1. The zero-order chi connectivity index (χ0) is 23.6. The molecule has 32 heavy (non-hydrogen) atoms. The van der Waals surface area contributed by atoms with Gasteiger partial charge in [0.05, 0.1) is 6.61 Å². The van der Waals surface area contributed by atoms with E-state index in [-0.39, 0.29) is 5.57 Å². The van der Waals surface area contributed by atoms with E-state index in [2.05, 4.69) is 52.8 Å². The Morgan fingerprint density at radius 3 is 2.41 bits per heavy atom. The summed E-state index contributed by atoms with van der Waals surface area (Å²) in [6.07, 6.45) is 0.911. The molecule has 0 spiro atoms. The zero-order valence-corrected chi connectivity index (χ0v) is 20.4. The second kappa shape index (κ2) is 9.86. The Balaban J connectivity index is 2.32. The molecule has 0 aliphatic carbocycles. The SMILES string of the molecule is CCCOc1c(-c2cccc3sc(C(C)=C(F)C(=O)O)cc23)cc(C(C)C)cc1C(C)C. The first-order valence-corrected chi connectivity index (χ1v) is 11.9. The molecule has 3 nitrogen and oxygen atoms in total. The number of fused-ring (bicyclic) bond motifs is 1. The van der Waals surface area contributed by atoms with Crippen LogP contribution in [-0.2, 0) is 4.79 Å². The first kappa shape index (κ1) is 24.0. The number of aliphatic carboxylic acids is 1. The summed E-state index contributed by atoms with van der Waals surface area (Å²) < 4.78 is 21.4. The predicted molar refractivity (Wildman–Crippen MR) is 133 cm³/mol. The zero-order valence-electron chi connectivity index (χ0n) is 19.6. The molecule has 0 amide bonds. The summed E-state index contributed by atoms with van der Waals surface area (Å²) in [6.45, 7) is 12.9. The molecular formula is C27H31FO3S. The molecule has 0 aliphatic rings. The van der Waals surface area contributed by atoms with Gasteiger partial charge in [0.2, 0.25) is 5.83 Å². The maximum Gasteiger partial charge on any atom is 0.365 e. The van der Waals surface area contributed by atoms with E-state index in [1.54, 1.807) is 0 Å². The third kappa shape index (κ3) is 4.73. The smallest absolute Gasteiger partial charge is 0.365 e. The highest BCUT2D eigenvalue weighted by Gasteiger charge is 2.21. The lowest BCUT2D eigenvalue weighted by Crippen LogP contribution is -2.04. The number of ether oxygens (including phenoxy) is 1. The fourth-order valence-electron chi connectivity index (χ4n) is 3.75. The summed E-state index contributed by atoms with van der Waals surface area (Å²) in [6, 6.07) is 12.4. The van der Waals surface area contributed by atoms with E-state index in [0.29, 0.717) is 23.3 Å². The van der Waals surface area contributed by atoms with E-state index >= 15 is 0 Å². The molecule has 0 saturated carbocycles. The standard InChI is InChI=1S/C27H31FO3S/c1-7-11-31-26-20(16(4)5)12-18(15(2)3)13-22(26)19-9-8-10-23-21(19)14-24(32-23)17(6)25(28)27(29)30/h8-10,12-16H,7,11H2,1-6H3,(H,29,30). The van der Waals surface area contributed by atoms with Crippen LogP contribution in [-0.4, -0.2) is 17.7 Å². The van der Waals surface area contributed by atoms with Crippen LogP contribution >= 0.6 is 11.3 Å². The van der Waals surface area contributed by atoms with Crippen molar-refractivity contribution in [1.29, 1.82) is 0 Å². The van der Waals surface area contributed by atoms with Gasteiger partial charge in [-0.15, -0.1) is 11.3 Å². The molecule has 0 unspecified atom stereocenters. The number of hydrogen-bond acceptors (Lipinski definition) is 3. The minimum Gasteiger partial charge on any atom is -0.493 e. The van der Waals surface area contributed by atoms with Gasteiger partial charge in [0.25, 0.3) is 0 Å². The normalized spacial score (nSPS) is 12.5. The molecule has 0 bridgehead atoms. The van der Waals surface area contributed by atoms with Gasteiger partial charge in [-0.2, -0.15) is 4.39 Å². The first-order valence-electron chi connectivity index (χ1n) is 11.1. The van der Waals surface area contributed by atoms with Crippen molar-refractivity contribution in [3.05, 3.63) is 58.2 Å². The van der Waals surface area contributed by atoms with Crippen molar-refractivity contribution in [2.75, 3.05) is 6.61 Å². The third-order valence-electron chi connectivity index (χ3n) is 5.62. The summed E-state index contributed by atoms with van der Waals surface area (Å²) in [4.78, 5) is 11.7. The van der Waals surface area contributed by atoms with Crippen molar-refractivity contribution in [3.63, 3.8) is 0 Å². The molecule has 0 saturated heterocycles. The molecule has 3 aromatic rings. The average Bonchev–Trinajstić information content (AvgIpc) is 3.20. The highest BCUT2D eigenvalue weighted by Crippen LogP contribution is 2.44. The Labute approximate surface area is 193 Å². The van der Waals surface area contributed by atoms with Crippen LogP contribution in [0.15, 0.2) is 42.2 Å². The van der Waals surface area contributed by atoms with E-state index in [9.17, 15) is 9.18 Å². The first-order chi connectivity index (χ1) is 15.1. The molecule has 170 valence electrons. The molecule has 5 heteroatoms. The maximum atomic E-state index is 14.1. The van der Waals surface area contributed by atoms with Gasteiger partial charge < -0.3 is 9.84 Å². The van der Waals surface area contributed by atoms with Gasteiger partial charge in [-0.25, -0.2) is 4.79 Å². The van der Waals surface area contributed by atoms with Crippen LogP contribution in [0.1, 0.15) is 75.8 Å². The Hall–Kier alpha value is -2.66. The largest absolute Gasteiger partial charge is 0.493 e. The summed E-state index contributed by atoms with van der Waals surface area (Å²) >= 11 is 1.40. The molecule has 0 aliphatic heterocycles. The number of carbonyl (C=O) groups is 1. The Kier molecular flexibility index (Phi) is 7.40. The van der Waals surface area contributed by atoms with E-state index in [1.165, 1.54) is 29.4 Å². The highest BCUT2D eigenvalue weighted by atomic mass is 32.1. The minimum absolute atomic E-state index is 0.144. The van der Waals surface area contributed by atoms with Gasteiger partial charge in [0, 0.05) is 26.1 Å². The van der Waals surface area contributed by atoms with E-state index in [0.717, 1.165) is 33.4 Å². The summed E-state index contributed by atoms with van der Waals surface area (Å²) in [5.41, 5.74) is 4.62. The van der Waals surface area contributed by atoms with Gasteiger partial charge in [0.1, 0.15) is 5.75 Å². The van der Waals surface area contributed by atoms with Gasteiger partial charge >= 0.3 is 5.97 Å². The molecule has 0 atom stereocenters. The average molecular weight is 455 g/mol. The summed E-state index contributed by atoms with van der Waals surface area (Å²) in [7, 11) is 0. The monoisotopic (exact) mass is 454 g/mol. The van der Waals surface area contributed by atoms with Gasteiger partial charge in [-0.3, -0.25) is 0 Å². The molecular weight excluding hydrogens is 423 g/mol. The van der Waals surface area contributed by atoms with E-state index in [4.69, 9.17) is 9.84 Å². The number of thiophene rings is 1. The molecule has 1 N–H and O–H groups in total. The van der Waals surface area contributed by atoms with E-state index < -0.39 is 11.8 Å². The minimum atomic E-state index is -1.54. The third-order valence-corrected chi connectivity index (χ3v) is 6.84. The van der Waals surface area contributed by atoms with Crippen molar-refractivity contribution in [1.82, 2.24) is 0 Å². The van der Waals surface area contributed by atoms with Crippen molar-refractivity contribution >= 4 is 33.0 Å². The lowest BCUT2D eigenvalue weighted by Gasteiger charge is -2.21. The number of benzene rings is 2. The lowest BCUT2D eigenvalue weighted by molar-refractivity contribution is -0.134. The van der Waals surface area contributed by atoms with Crippen LogP contribution in [0.3, 0.4) is 0 Å². The van der Waals surface area contributed by atoms with Crippen LogP contribution in [0.2, 0.25) is 0 Å². The topological polar surface area (TPSA) is 46.5 Å².